The molecule has 10 heteroatoms. The van der Waals surface area contributed by atoms with E-state index in [0.717, 1.165) is 12.1 Å². The number of halogens is 3. The van der Waals surface area contributed by atoms with Gasteiger partial charge in [-0.05, 0) is 24.3 Å². The van der Waals surface area contributed by atoms with E-state index in [9.17, 15) is 18.0 Å². The molecule has 0 fully saturated rings. The van der Waals surface area contributed by atoms with Gasteiger partial charge in [0.25, 0.3) is 5.91 Å². The zero-order valence-corrected chi connectivity index (χ0v) is 14.2. The number of carbonyl (C=O) groups excluding carboxylic acids is 1. The maximum atomic E-state index is 12.7. The van der Waals surface area contributed by atoms with Gasteiger partial charge < -0.3 is 14.2 Å². The summed E-state index contributed by atoms with van der Waals surface area (Å²) >= 11 is 0. The number of hydrogen-bond acceptors (Lipinski definition) is 5. The van der Waals surface area contributed by atoms with Crippen LogP contribution in [0.25, 0.3) is 0 Å². The zero-order valence-electron chi connectivity index (χ0n) is 14.2. The number of nitrogens with one attached hydrogen (secondary N) is 1. The van der Waals surface area contributed by atoms with E-state index < -0.39 is 11.7 Å². The summed E-state index contributed by atoms with van der Waals surface area (Å²) < 4.78 is 48.2. The monoisotopic (exact) mass is 380 g/mol. The number of ether oxygens (including phenoxy) is 1. The first-order chi connectivity index (χ1) is 12.8. The van der Waals surface area contributed by atoms with Gasteiger partial charge in [-0.3, -0.25) is 9.89 Å². The number of nitrogens with zero attached hydrogens (tertiary/aromatic N) is 3. The van der Waals surface area contributed by atoms with E-state index >= 15 is 0 Å². The molecule has 2 heterocycles. The number of amides is 1. The predicted molar refractivity (Wildman–Crippen MR) is 86.7 cm³/mol. The first-order valence-electron chi connectivity index (χ1n) is 7.82. The largest absolute Gasteiger partial charge is 0.487 e. The summed E-state index contributed by atoms with van der Waals surface area (Å²) in [5, 5.41) is 10.3. The molecule has 1 aromatic carbocycles. The summed E-state index contributed by atoms with van der Waals surface area (Å²) in [6.45, 7) is 0.187. The SMILES string of the molecule is CN(Cc1ccon1)C(=O)c1cc(COc2cccc(C(F)(F)F)c2)[nH]n1. The van der Waals surface area contributed by atoms with E-state index in [1.54, 1.807) is 13.1 Å². The fraction of sp³-hybridized carbons (Fsp3) is 0.235. The Hall–Kier alpha value is -3.30. The molecule has 0 radical (unpaired) electrons. The molecule has 0 bridgehead atoms. The molecule has 1 N–H and O–H groups in total. The highest BCUT2D eigenvalue weighted by atomic mass is 19.4. The van der Waals surface area contributed by atoms with Crippen molar-refractivity contribution in [2.24, 2.45) is 0 Å². The maximum Gasteiger partial charge on any atom is 0.416 e. The molecule has 7 nitrogen and oxygen atoms in total. The summed E-state index contributed by atoms with van der Waals surface area (Å²) in [5.41, 5.74) is 0.402. The van der Waals surface area contributed by atoms with Crippen LogP contribution in [0.5, 0.6) is 5.75 Å². The highest BCUT2D eigenvalue weighted by Crippen LogP contribution is 2.31. The third kappa shape index (κ3) is 4.66. The summed E-state index contributed by atoms with van der Waals surface area (Å²) in [4.78, 5) is 13.7. The fourth-order valence-corrected chi connectivity index (χ4v) is 2.30. The Morgan fingerprint density at radius 1 is 1.30 bits per heavy atom. The van der Waals surface area contributed by atoms with E-state index in [4.69, 9.17) is 9.26 Å². The number of aromatic nitrogens is 3. The molecule has 0 atom stereocenters. The zero-order chi connectivity index (χ0) is 19.4. The van der Waals surface area contributed by atoms with Crippen LogP contribution in [0.4, 0.5) is 13.2 Å². The number of rotatable bonds is 6. The second kappa shape index (κ2) is 7.52. The third-order valence-electron chi connectivity index (χ3n) is 3.64. The second-order valence-corrected chi connectivity index (χ2v) is 5.74. The number of aromatic amines is 1. The average molecular weight is 380 g/mol. The minimum atomic E-state index is -4.44. The van der Waals surface area contributed by atoms with Crippen molar-refractivity contribution in [2.45, 2.75) is 19.3 Å². The molecule has 0 saturated carbocycles. The van der Waals surface area contributed by atoms with Gasteiger partial charge >= 0.3 is 6.18 Å². The Kier molecular flexibility index (Phi) is 5.15. The minimum absolute atomic E-state index is 0.0609. The topological polar surface area (TPSA) is 84.3 Å². The highest BCUT2D eigenvalue weighted by molar-refractivity contribution is 5.92. The number of benzene rings is 1. The molecule has 0 unspecified atom stereocenters. The van der Waals surface area contributed by atoms with Crippen molar-refractivity contribution in [3.05, 3.63) is 65.3 Å². The van der Waals surface area contributed by atoms with E-state index in [0.29, 0.717) is 11.4 Å². The van der Waals surface area contributed by atoms with Crippen LogP contribution in [0, 0.1) is 0 Å². The summed E-state index contributed by atoms with van der Waals surface area (Å²) in [7, 11) is 1.59. The van der Waals surface area contributed by atoms with E-state index in [-0.39, 0.29) is 30.5 Å². The highest BCUT2D eigenvalue weighted by Gasteiger charge is 2.30. The Morgan fingerprint density at radius 2 is 2.11 bits per heavy atom. The van der Waals surface area contributed by atoms with Gasteiger partial charge in [0.2, 0.25) is 0 Å². The Morgan fingerprint density at radius 3 is 2.81 bits per heavy atom. The van der Waals surface area contributed by atoms with Crippen molar-refractivity contribution in [1.82, 2.24) is 20.3 Å². The number of hydrogen-bond donors (Lipinski definition) is 1. The van der Waals surface area contributed by atoms with Crippen LogP contribution in [-0.4, -0.2) is 33.2 Å². The molecule has 27 heavy (non-hydrogen) atoms. The lowest BCUT2D eigenvalue weighted by Gasteiger charge is -2.13. The molecule has 0 aliphatic carbocycles. The Labute approximate surface area is 151 Å². The van der Waals surface area contributed by atoms with Gasteiger partial charge in [-0.15, -0.1) is 0 Å². The van der Waals surface area contributed by atoms with Crippen molar-refractivity contribution in [3.63, 3.8) is 0 Å². The predicted octanol–water partition coefficient (Wildman–Crippen LogP) is 3.27. The summed E-state index contributed by atoms with van der Waals surface area (Å²) in [6, 6.07) is 7.68. The molecule has 0 aliphatic rings. The smallest absolute Gasteiger partial charge is 0.416 e. The van der Waals surface area contributed by atoms with Crippen molar-refractivity contribution in [2.75, 3.05) is 7.05 Å². The van der Waals surface area contributed by atoms with Crippen molar-refractivity contribution < 1.29 is 27.2 Å². The van der Waals surface area contributed by atoms with Crippen LogP contribution in [-0.2, 0) is 19.3 Å². The van der Waals surface area contributed by atoms with Crippen molar-refractivity contribution >= 4 is 5.91 Å². The first kappa shape index (κ1) is 18.5. The molecule has 0 spiro atoms. The average Bonchev–Trinajstić information content (AvgIpc) is 3.30. The van der Waals surface area contributed by atoms with Gasteiger partial charge in [0.1, 0.15) is 24.3 Å². The molecule has 0 aliphatic heterocycles. The number of alkyl halides is 3. The molecular weight excluding hydrogens is 365 g/mol. The van der Waals surface area contributed by atoms with Gasteiger partial charge in [-0.25, -0.2) is 0 Å². The second-order valence-electron chi connectivity index (χ2n) is 5.74. The lowest BCUT2D eigenvalue weighted by Crippen LogP contribution is -2.26. The fourth-order valence-electron chi connectivity index (χ4n) is 2.30. The Balaban J connectivity index is 1.60. The van der Waals surface area contributed by atoms with Gasteiger partial charge in [0, 0.05) is 13.1 Å². The standard InChI is InChI=1S/C17H15F3N4O3/c1-24(9-12-5-6-27-23-12)16(25)15-8-13(21-22-15)10-26-14-4-2-3-11(7-14)17(18,19)20/h2-8H,9-10H2,1H3,(H,21,22). The molecule has 1 amide bonds. The molecule has 0 saturated heterocycles. The van der Waals surface area contributed by atoms with Crippen molar-refractivity contribution in [3.8, 4) is 5.75 Å². The lowest BCUT2D eigenvalue weighted by molar-refractivity contribution is -0.137. The van der Waals surface area contributed by atoms with Crippen molar-refractivity contribution in [1.29, 1.82) is 0 Å². The first-order valence-corrected chi connectivity index (χ1v) is 7.82. The summed E-state index contributed by atoms with van der Waals surface area (Å²) in [5.74, 6) is -0.282. The molecular formula is C17H15F3N4O3. The minimum Gasteiger partial charge on any atom is -0.487 e. The number of carbonyl (C=O) groups is 1. The molecule has 3 rings (SSSR count). The van der Waals surface area contributed by atoms with E-state index in [2.05, 4.69) is 15.4 Å². The van der Waals surface area contributed by atoms with Gasteiger partial charge in [-0.2, -0.15) is 18.3 Å². The van der Waals surface area contributed by atoms with Gasteiger partial charge in [-0.1, -0.05) is 11.2 Å². The van der Waals surface area contributed by atoms with Gasteiger partial charge in [0.15, 0.2) is 5.69 Å². The van der Waals surface area contributed by atoms with Gasteiger partial charge in [0.05, 0.1) is 17.8 Å². The molecule has 2 aromatic heterocycles. The summed E-state index contributed by atoms with van der Waals surface area (Å²) in [6.07, 6.45) is -3.03. The number of H-pyrrole nitrogens is 1. The van der Waals surface area contributed by atoms with Crippen LogP contribution in [0.1, 0.15) is 27.4 Å². The van der Waals surface area contributed by atoms with E-state index in [1.165, 1.54) is 29.4 Å². The molecule has 142 valence electrons. The van der Waals surface area contributed by atoms with Crippen LogP contribution in [0.3, 0.4) is 0 Å². The maximum absolute atomic E-state index is 12.7. The van der Waals surface area contributed by atoms with Crippen LogP contribution in [0.15, 0.2) is 47.2 Å². The van der Waals surface area contributed by atoms with Crippen LogP contribution in [0.2, 0.25) is 0 Å². The normalized spacial score (nSPS) is 11.4. The quantitative estimate of drug-likeness (QED) is 0.710. The van der Waals surface area contributed by atoms with Crippen LogP contribution < -0.4 is 4.74 Å². The molecule has 3 aromatic rings. The Bertz CT molecular complexity index is 906. The lowest BCUT2D eigenvalue weighted by atomic mass is 10.2. The third-order valence-corrected chi connectivity index (χ3v) is 3.64. The van der Waals surface area contributed by atoms with Crippen LogP contribution >= 0.6 is 0 Å². The van der Waals surface area contributed by atoms with E-state index in [1.807, 2.05) is 0 Å².